The number of hydrogen-bond donors (Lipinski definition) is 1. The molecule has 104 valence electrons. The Hall–Kier alpha value is -1.16. The van der Waals surface area contributed by atoms with Gasteiger partial charge >= 0.3 is 5.97 Å². The number of aliphatic hydroxyl groups is 1. The van der Waals surface area contributed by atoms with Crippen LogP contribution in [0.3, 0.4) is 0 Å². The molecule has 0 amide bonds. The van der Waals surface area contributed by atoms with Gasteiger partial charge in [0.1, 0.15) is 17.5 Å². The summed E-state index contributed by atoms with van der Waals surface area (Å²) in [4.78, 5) is 24.1. The zero-order valence-corrected chi connectivity index (χ0v) is 11.4. The molecule has 5 atom stereocenters. The van der Waals surface area contributed by atoms with Crippen LogP contribution in [0.15, 0.2) is 12.2 Å². The van der Waals surface area contributed by atoms with Crippen LogP contribution in [0.4, 0.5) is 0 Å². The highest BCUT2D eigenvalue weighted by molar-refractivity contribution is 5.89. The van der Waals surface area contributed by atoms with E-state index in [4.69, 9.17) is 4.74 Å². The van der Waals surface area contributed by atoms with Crippen molar-refractivity contribution in [2.45, 2.75) is 51.2 Å². The van der Waals surface area contributed by atoms with Gasteiger partial charge in [0.05, 0.1) is 11.3 Å². The van der Waals surface area contributed by atoms with Gasteiger partial charge in [-0.3, -0.25) is 9.59 Å². The van der Waals surface area contributed by atoms with Gasteiger partial charge in [-0.25, -0.2) is 0 Å². The van der Waals surface area contributed by atoms with Gasteiger partial charge < -0.3 is 9.84 Å². The van der Waals surface area contributed by atoms with Gasteiger partial charge in [0, 0.05) is 12.3 Å². The van der Waals surface area contributed by atoms with Crippen molar-refractivity contribution in [2.75, 3.05) is 0 Å². The Morgan fingerprint density at radius 2 is 2.05 bits per heavy atom. The third kappa shape index (κ3) is 1.33. The summed E-state index contributed by atoms with van der Waals surface area (Å²) in [6, 6.07) is 0. The fourth-order valence-electron chi connectivity index (χ4n) is 4.19. The van der Waals surface area contributed by atoms with Crippen LogP contribution in [0.25, 0.3) is 0 Å². The summed E-state index contributed by atoms with van der Waals surface area (Å²) in [6.07, 6.45) is 1.66. The van der Waals surface area contributed by atoms with E-state index < -0.39 is 17.1 Å². The molecule has 3 aliphatic rings. The minimum Gasteiger partial charge on any atom is -0.458 e. The maximum Gasteiger partial charge on any atom is 0.309 e. The van der Waals surface area contributed by atoms with Crippen LogP contribution in [0, 0.1) is 17.3 Å². The maximum atomic E-state index is 12.3. The molecule has 3 fully saturated rings. The van der Waals surface area contributed by atoms with Crippen LogP contribution in [-0.4, -0.2) is 28.6 Å². The summed E-state index contributed by atoms with van der Waals surface area (Å²) in [5, 5.41) is 11.2. The van der Waals surface area contributed by atoms with E-state index in [0.29, 0.717) is 24.8 Å². The largest absolute Gasteiger partial charge is 0.458 e. The Morgan fingerprint density at radius 1 is 1.37 bits per heavy atom. The molecule has 2 saturated carbocycles. The normalized spacial score (nSPS) is 49.6. The lowest BCUT2D eigenvalue weighted by Crippen LogP contribution is -2.65. The predicted molar refractivity (Wildman–Crippen MR) is 68.2 cm³/mol. The molecule has 0 radical (unpaired) electrons. The summed E-state index contributed by atoms with van der Waals surface area (Å²) >= 11 is 0. The number of hydrogen-bond acceptors (Lipinski definition) is 4. The highest BCUT2D eigenvalue weighted by atomic mass is 16.6. The fourth-order valence-corrected chi connectivity index (χ4v) is 4.19. The van der Waals surface area contributed by atoms with E-state index in [9.17, 15) is 14.7 Å². The number of ketones is 1. The molecule has 0 aromatic carbocycles. The third-order valence-corrected chi connectivity index (χ3v) is 5.68. The van der Waals surface area contributed by atoms with E-state index in [1.54, 1.807) is 6.92 Å². The summed E-state index contributed by atoms with van der Waals surface area (Å²) in [6.45, 7) is 7.60. The number of rotatable bonds is 0. The van der Waals surface area contributed by atoms with Crippen molar-refractivity contribution in [3.8, 4) is 0 Å². The lowest BCUT2D eigenvalue weighted by Gasteiger charge is -2.55. The number of carbonyl (C=O) groups excluding carboxylic acids is 2. The molecule has 1 saturated heterocycles. The van der Waals surface area contributed by atoms with E-state index in [1.165, 1.54) is 0 Å². The Bertz CT molecular complexity index is 483. The van der Waals surface area contributed by atoms with Gasteiger partial charge in [0.2, 0.25) is 0 Å². The molecule has 1 aliphatic heterocycles. The molecule has 1 heterocycles. The molecule has 4 heteroatoms. The number of Topliss-reactive ketones (excluding diaryl/α,β-unsaturated/α-hetero) is 1. The number of ether oxygens (including phenoxy) is 1. The van der Waals surface area contributed by atoms with Crippen LogP contribution < -0.4 is 0 Å². The van der Waals surface area contributed by atoms with E-state index in [-0.39, 0.29) is 23.6 Å². The molecule has 19 heavy (non-hydrogen) atoms. The first-order valence-corrected chi connectivity index (χ1v) is 6.97. The van der Waals surface area contributed by atoms with Gasteiger partial charge in [-0.1, -0.05) is 13.5 Å². The Morgan fingerprint density at radius 3 is 2.74 bits per heavy atom. The van der Waals surface area contributed by atoms with Crippen LogP contribution in [0.5, 0.6) is 0 Å². The lowest BCUT2D eigenvalue weighted by atomic mass is 9.51. The first kappa shape index (κ1) is 12.9. The minimum absolute atomic E-state index is 0.00627. The molecule has 0 spiro atoms. The van der Waals surface area contributed by atoms with Crippen molar-refractivity contribution in [1.29, 1.82) is 0 Å². The second-order valence-corrected chi connectivity index (χ2v) is 6.47. The molecule has 1 N–H and O–H groups in total. The number of carbonyl (C=O) groups is 2. The second-order valence-electron chi connectivity index (χ2n) is 6.47. The van der Waals surface area contributed by atoms with Crippen LogP contribution in [0.2, 0.25) is 0 Å². The molecule has 5 unspecified atom stereocenters. The Balaban J connectivity index is 2.10. The van der Waals surface area contributed by atoms with Crippen LogP contribution >= 0.6 is 0 Å². The van der Waals surface area contributed by atoms with E-state index >= 15 is 0 Å². The molecule has 0 bridgehead atoms. The number of fused-ring (bicyclic) bond motifs is 3. The predicted octanol–water partition coefficient (Wildman–Crippen LogP) is 1.61. The Labute approximate surface area is 112 Å². The van der Waals surface area contributed by atoms with E-state index in [1.807, 2.05) is 6.92 Å². The van der Waals surface area contributed by atoms with Crippen LogP contribution in [-0.2, 0) is 14.3 Å². The second kappa shape index (κ2) is 3.69. The fraction of sp³-hybridized carbons (Fsp3) is 0.733. The van der Waals surface area contributed by atoms with Crippen molar-refractivity contribution < 1.29 is 19.4 Å². The SMILES string of the molecule is C=C1CCC(=O)C2(C)CCC3C(C)C(=O)OC3C12O. The molecule has 4 nitrogen and oxygen atoms in total. The molecule has 0 aromatic heterocycles. The summed E-state index contributed by atoms with van der Waals surface area (Å²) in [7, 11) is 0. The van der Waals surface area contributed by atoms with E-state index in [2.05, 4.69) is 6.58 Å². The van der Waals surface area contributed by atoms with Crippen molar-refractivity contribution in [2.24, 2.45) is 17.3 Å². The topological polar surface area (TPSA) is 63.6 Å². The molecular weight excluding hydrogens is 244 g/mol. The standard InChI is InChI=1S/C15H20O4/c1-8-4-5-11(16)14(3)7-6-10-9(2)13(17)19-12(10)15(8,14)18/h9-10,12,18H,1,4-7H2,2-3H3. The molecule has 0 aromatic rings. The summed E-state index contributed by atoms with van der Waals surface area (Å²) < 4.78 is 5.43. The van der Waals surface area contributed by atoms with Gasteiger partial charge in [0.15, 0.2) is 0 Å². The zero-order chi connectivity index (χ0) is 14.0. The maximum absolute atomic E-state index is 12.3. The van der Waals surface area contributed by atoms with Crippen molar-refractivity contribution in [3.05, 3.63) is 12.2 Å². The highest BCUT2D eigenvalue weighted by Crippen LogP contribution is 2.58. The molecular formula is C15H20O4. The summed E-state index contributed by atoms with van der Waals surface area (Å²) in [5.74, 6) is -0.411. The van der Waals surface area contributed by atoms with E-state index in [0.717, 1.165) is 6.42 Å². The lowest BCUT2D eigenvalue weighted by molar-refractivity contribution is -0.191. The first-order chi connectivity index (χ1) is 8.82. The zero-order valence-electron chi connectivity index (χ0n) is 11.4. The van der Waals surface area contributed by atoms with Gasteiger partial charge in [-0.15, -0.1) is 0 Å². The average molecular weight is 264 g/mol. The van der Waals surface area contributed by atoms with Crippen molar-refractivity contribution in [3.63, 3.8) is 0 Å². The highest BCUT2D eigenvalue weighted by Gasteiger charge is 2.67. The quantitative estimate of drug-likeness (QED) is 0.533. The molecule has 3 rings (SSSR count). The van der Waals surface area contributed by atoms with Crippen molar-refractivity contribution in [1.82, 2.24) is 0 Å². The summed E-state index contributed by atoms with van der Waals surface area (Å²) in [5.41, 5.74) is -1.59. The average Bonchev–Trinajstić information content (AvgIpc) is 2.66. The number of esters is 1. The molecule has 2 aliphatic carbocycles. The third-order valence-electron chi connectivity index (χ3n) is 5.68. The monoisotopic (exact) mass is 264 g/mol. The van der Waals surface area contributed by atoms with Crippen molar-refractivity contribution >= 4 is 11.8 Å². The van der Waals surface area contributed by atoms with Crippen LogP contribution in [0.1, 0.15) is 39.5 Å². The van der Waals surface area contributed by atoms with Gasteiger partial charge in [-0.2, -0.15) is 0 Å². The van der Waals surface area contributed by atoms with Gasteiger partial charge in [-0.05, 0) is 31.8 Å². The van der Waals surface area contributed by atoms with Gasteiger partial charge in [0.25, 0.3) is 0 Å². The Kier molecular flexibility index (Phi) is 2.50. The minimum atomic E-state index is -1.38. The first-order valence-electron chi connectivity index (χ1n) is 6.97. The smallest absolute Gasteiger partial charge is 0.309 e.